The Morgan fingerprint density at radius 1 is 0.586 bits per heavy atom. The highest BCUT2D eigenvalue weighted by atomic mass is 15.2. The van der Waals surface area contributed by atoms with Gasteiger partial charge < -0.3 is 4.90 Å². The first-order valence-electron chi connectivity index (χ1n) is 10.2. The van der Waals surface area contributed by atoms with Gasteiger partial charge in [0.15, 0.2) is 0 Å². The number of para-hydroxylation sites is 1. The molecule has 0 saturated heterocycles. The lowest BCUT2D eigenvalue weighted by molar-refractivity contribution is 0.627. The lowest BCUT2D eigenvalue weighted by Gasteiger charge is -2.43. The molecule has 4 aromatic rings. The lowest BCUT2D eigenvalue weighted by Crippen LogP contribution is -2.31. The van der Waals surface area contributed by atoms with Crippen LogP contribution in [0.25, 0.3) is 11.1 Å². The summed E-state index contributed by atoms with van der Waals surface area (Å²) in [6.45, 7) is 6.91. The number of fused-ring (bicyclic) bond motifs is 2. The van der Waals surface area contributed by atoms with Gasteiger partial charge in [-0.2, -0.15) is 0 Å². The number of hydrogen-bond donors (Lipinski definition) is 0. The molecule has 5 rings (SSSR count). The first kappa shape index (κ1) is 17.8. The Bertz CT molecular complexity index is 1170. The fraction of sp³-hybridized carbons (Fsp3) is 0.143. The van der Waals surface area contributed by atoms with Crippen molar-refractivity contribution in [2.24, 2.45) is 0 Å². The van der Waals surface area contributed by atoms with Crippen molar-refractivity contribution in [2.45, 2.75) is 26.2 Å². The van der Waals surface area contributed by atoms with Gasteiger partial charge in [0.05, 0.1) is 11.4 Å². The predicted octanol–water partition coefficient (Wildman–Crippen LogP) is 7.77. The summed E-state index contributed by atoms with van der Waals surface area (Å²) in [4.78, 5) is 2.41. The van der Waals surface area contributed by atoms with Crippen LogP contribution in [0.1, 0.15) is 30.5 Å². The summed E-state index contributed by atoms with van der Waals surface area (Å²) in [5.41, 5.74) is 10.3. The zero-order valence-electron chi connectivity index (χ0n) is 17.2. The Labute approximate surface area is 173 Å². The number of hydrogen-bond acceptors (Lipinski definition) is 1. The molecule has 1 nitrogen and oxygen atoms in total. The maximum atomic E-state index is 2.41. The van der Waals surface area contributed by atoms with Crippen molar-refractivity contribution in [3.63, 3.8) is 0 Å². The van der Waals surface area contributed by atoms with Gasteiger partial charge in [-0.1, -0.05) is 86.6 Å². The Hall–Kier alpha value is -3.32. The first-order valence-corrected chi connectivity index (χ1v) is 10.2. The van der Waals surface area contributed by atoms with Crippen molar-refractivity contribution < 1.29 is 0 Å². The fourth-order valence-electron chi connectivity index (χ4n) is 4.83. The van der Waals surface area contributed by atoms with Crippen LogP contribution in [-0.4, -0.2) is 0 Å². The van der Waals surface area contributed by atoms with Gasteiger partial charge in [0.1, 0.15) is 0 Å². The molecule has 29 heavy (non-hydrogen) atoms. The molecule has 1 aliphatic heterocycles. The highest BCUT2D eigenvalue weighted by molar-refractivity contribution is 5.87. The van der Waals surface area contributed by atoms with Crippen LogP contribution < -0.4 is 4.90 Å². The van der Waals surface area contributed by atoms with Crippen molar-refractivity contribution in [2.75, 3.05) is 4.90 Å². The number of rotatable bonds is 2. The molecule has 0 fully saturated rings. The van der Waals surface area contributed by atoms with E-state index in [0.717, 1.165) is 0 Å². The molecule has 1 heteroatoms. The second-order valence-electron chi connectivity index (χ2n) is 8.36. The standard InChI is InChI=1S/C28H25N/c1-20-10-9-15-26-27(20)28(2,3)24-13-7-8-14-25(24)29(26)23-18-16-22(17-19-23)21-11-5-4-6-12-21/h4-19H,1-3H3. The van der Waals surface area contributed by atoms with Crippen LogP contribution in [0.4, 0.5) is 17.1 Å². The second-order valence-corrected chi connectivity index (χ2v) is 8.36. The van der Waals surface area contributed by atoms with Crippen molar-refractivity contribution in [3.8, 4) is 11.1 Å². The molecule has 0 spiro atoms. The Balaban J connectivity index is 1.69. The van der Waals surface area contributed by atoms with Crippen LogP contribution in [0.5, 0.6) is 0 Å². The van der Waals surface area contributed by atoms with Gasteiger partial charge in [-0.3, -0.25) is 0 Å². The summed E-state index contributed by atoms with van der Waals surface area (Å²) >= 11 is 0. The minimum atomic E-state index is -0.0300. The van der Waals surface area contributed by atoms with E-state index in [4.69, 9.17) is 0 Å². The third kappa shape index (κ3) is 2.77. The Morgan fingerprint density at radius 2 is 1.21 bits per heavy atom. The van der Waals surface area contributed by atoms with E-state index in [1.807, 2.05) is 0 Å². The molecule has 0 amide bonds. The molecule has 142 valence electrons. The minimum absolute atomic E-state index is 0.0300. The molecule has 4 aromatic carbocycles. The molecule has 1 heterocycles. The number of aryl methyl sites for hydroxylation is 1. The molecule has 0 saturated carbocycles. The third-order valence-electron chi connectivity index (χ3n) is 6.17. The van der Waals surface area contributed by atoms with Gasteiger partial charge in [-0.25, -0.2) is 0 Å². The van der Waals surface area contributed by atoms with Crippen LogP contribution in [0.15, 0.2) is 97.1 Å². The summed E-state index contributed by atoms with van der Waals surface area (Å²) in [5, 5.41) is 0. The van der Waals surface area contributed by atoms with E-state index in [0.29, 0.717) is 0 Å². The number of anilines is 3. The maximum absolute atomic E-state index is 2.41. The fourth-order valence-corrected chi connectivity index (χ4v) is 4.83. The van der Waals surface area contributed by atoms with Crippen LogP contribution >= 0.6 is 0 Å². The highest BCUT2D eigenvalue weighted by Gasteiger charge is 2.37. The lowest BCUT2D eigenvalue weighted by atomic mass is 9.72. The largest absolute Gasteiger partial charge is 0.310 e. The average molecular weight is 376 g/mol. The monoisotopic (exact) mass is 375 g/mol. The van der Waals surface area contributed by atoms with Crippen LogP contribution in [-0.2, 0) is 5.41 Å². The molecule has 0 radical (unpaired) electrons. The van der Waals surface area contributed by atoms with Gasteiger partial charge in [0.2, 0.25) is 0 Å². The molecule has 0 aliphatic carbocycles. The Morgan fingerprint density at radius 3 is 1.97 bits per heavy atom. The van der Waals surface area contributed by atoms with Crippen molar-refractivity contribution >= 4 is 17.1 Å². The average Bonchev–Trinajstić information content (AvgIpc) is 2.75. The number of benzene rings is 4. The van der Waals surface area contributed by atoms with Crippen molar-refractivity contribution in [1.82, 2.24) is 0 Å². The Kier molecular flexibility index (Phi) is 4.06. The summed E-state index contributed by atoms with van der Waals surface area (Å²) < 4.78 is 0. The van der Waals surface area contributed by atoms with Gasteiger partial charge in [-0.05, 0) is 59.0 Å². The van der Waals surface area contributed by atoms with Gasteiger partial charge in [-0.15, -0.1) is 0 Å². The maximum Gasteiger partial charge on any atom is 0.0505 e. The zero-order chi connectivity index (χ0) is 20.0. The van der Waals surface area contributed by atoms with Crippen LogP contribution in [0.2, 0.25) is 0 Å². The van der Waals surface area contributed by atoms with E-state index in [2.05, 4.69) is 123 Å². The van der Waals surface area contributed by atoms with Crippen LogP contribution in [0.3, 0.4) is 0 Å². The quantitative estimate of drug-likeness (QED) is 0.346. The molecule has 0 N–H and O–H groups in total. The second kappa shape index (κ2) is 6.63. The normalized spacial score (nSPS) is 14.2. The zero-order valence-corrected chi connectivity index (χ0v) is 17.2. The molecule has 0 unspecified atom stereocenters. The van der Waals surface area contributed by atoms with E-state index in [-0.39, 0.29) is 5.41 Å². The SMILES string of the molecule is Cc1cccc2c1C(C)(C)c1ccccc1N2c1ccc(-c2ccccc2)cc1. The molecule has 1 aliphatic rings. The topological polar surface area (TPSA) is 3.24 Å². The van der Waals surface area contributed by atoms with E-state index >= 15 is 0 Å². The predicted molar refractivity (Wildman–Crippen MR) is 123 cm³/mol. The molecule has 0 aromatic heterocycles. The summed E-state index contributed by atoms with van der Waals surface area (Å²) in [5.74, 6) is 0. The van der Waals surface area contributed by atoms with Crippen molar-refractivity contribution in [3.05, 3.63) is 114 Å². The highest BCUT2D eigenvalue weighted by Crippen LogP contribution is 2.52. The molecular formula is C28H25N. The van der Waals surface area contributed by atoms with E-state index < -0.39 is 0 Å². The van der Waals surface area contributed by atoms with E-state index in [9.17, 15) is 0 Å². The summed E-state index contributed by atoms with van der Waals surface area (Å²) in [6.07, 6.45) is 0. The molecule has 0 bridgehead atoms. The van der Waals surface area contributed by atoms with E-state index in [1.165, 1.54) is 44.9 Å². The van der Waals surface area contributed by atoms with Crippen molar-refractivity contribution in [1.29, 1.82) is 0 Å². The smallest absolute Gasteiger partial charge is 0.0505 e. The number of nitrogens with zero attached hydrogens (tertiary/aromatic N) is 1. The third-order valence-corrected chi connectivity index (χ3v) is 6.17. The van der Waals surface area contributed by atoms with Gasteiger partial charge in [0.25, 0.3) is 0 Å². The molecular weight excluding hydrogens is 350 g/mol. The summed E-state index contributed by atoms with van der Waals surface area (Å²) in [7, 11) is 0. The van der Waals surface area contributed by atoms with E-state index in [1.54, 1.807) is 0 Å². The first-order chi connectivity index (χ1) is 14.1. The molecule has 0 atom stereocenters. The van der Waals surface area contributed by atoms with Crippen LogP contribution in [0, 0.1) is 6.92 Å². The van der Waals surface area contributed by atoms with Gasteiger partial charge in [0, 0.05) is 11.1 Å². The minimum Gasteiger partial charge on any atom is -0.310 e. The van der Waals surface area contributed by atoms with Gasteiger partial charge >= 0.3 is 0 Å². The summed E-state index contributed by atoms with van der Waals surface area (Å²) in [6, 6.07) is 34.9.